The second-order valence-corrected chi connectivity index (χ2v) is 8.09. The summed E-state index contributed by atoms with van der Waals surface area (Å²) >= 11 is 0. The van der Waals surface area contributed by atoms with Gasteiger partial charge in [-0.25, -0.2) is 4.68 Å². The molecule has 9 nitrogen and oxygen atoms in total. The van der Waals surface area contributed by atoms with Gasteiger partial charge in [-0.05, 0) is 71.6 Å². The maximum absolute atomic E-state index is 12.0. The monoisotopic (exact) mass is 496 g/mol. The average Bonchev–Trinajstić information content (AvgIpc) is 3.56. The molecule has 4 aliphatic rings. The maximum Gasteiger partial charge on any atom is 2.00 e. The molecule has 1 aromatic heterocycles. The number of carbonyl (C=O) groups excluding carboxylic acids is 1. The molecule has 176 valence electrons. The van der Waals surface area contributed by atoms with Crippen molar-refractivity contribution in [3.05, 3.63) is 75.6 Å². The molecule has 3 heterocycles. The number of hydrogen-bond acceptors (Lipinski definition) is 7. The van der Waals surface area contributed by atoms with Crippen LogP contribution in [0.5, 0.6) is 0 Å². The van der Waals surface area contributed by atoms with Crippen molar-refractivity contribution in [3.63, 3.8) is 0 Å². The molecule has 33 heavy (non-hydrogen) atoms. The van der Waals surface area contributed by atoms with Gasteiger partial charge >= 0.3 is 17.1 Å². The van der Waals surface area contributed by atoms with E-state index in [-0.39, 0.29) is 41.3 Å². The first-order valence-corrected chi connectivity index (χ1v) is 10.5. The van der Waals surface area contributed by atoms with Gasteiger partial charge in [-0.1, -0.05) is 5.21 Å². The van der Waals surface area contributed by atoms with Gasteiger partial charge in [0.15, 0.2) is 12.1 Å². The first kappa shape index (κ1) is 26.6. The van der Waals surface area contributed by atoms with Crippen molar-refractivity contribution < 1.29 is 40.8 Å². The molecule has 5 rings (SSSR count). The Morgan fingerprint density at radius 3 is 2.36 bits per heavy atom. The van der Waals surface area contributed by atoms with Crippen molar-refractivity contribution in [2.45, 2.75) is 57.3 Å². The van der Waals surface area contributed by atoms with Crippen molar-refractivity contribution in [1.82, 2.24) is 20.3 Å². The third-order valence-electron chi connectivity index (χ3n) is 5.20. The van der Waals surface area contributed by atoms with Crippen molar-refractivity contribution >= 4 is 5.91 Å². The number of aromatic nitrogens is 3. The Morgan fingerprint density at radius 1 is 1.09 bits per heavy atom. The van der Waals surface area contributed by atoms with E-state index in [0.29, 0.717) is 24.7 Å². The van der Waals surface area contributed by atoms with Gasteiger partial charge in [0, 0.05) is 7.11 Å². The van der Waals surface area contributed by atoms with Gasteiger partial charge in [0.2, 0.25) is 5.91 Å². The first-order chi connectivity index (χ1) is 15.4. The van der Waals surface area contributed by atoms with Crippen LogP contribution >= 0.6 is 0 Å². The van der Waals surface area contributed by atoms with Crippen LogP contribution < -0.4 is 5.32 Å². The van der Waals surface area contributed by atoms with Crippen LogP contribution in [0, 0.1) is 63.7 Å². The number of hydrogen-bond donors (Lipinski definition) is 1. The summed E-state index contributed by atoms with van der Waals surface area (Å²) in [6.45, 7) is 4.50. The summed E-state index contributed by atoms with van der Waals surface area (Å²) in [7, 11) is 1.59. The molecule has 1 N–H and O–H groups in total. The normalized spacial score (nSPS) is 30.4. The van der Waals surface area contributed by atoms with Gasteiger partial charge in [-0.15, -0.1) is 5.10 Å². The predicted molar refractivity (Wildman–Crippen MR) is 113 cm³/mol. The van der Waals surface area contributed by atoms with Crippen molar-refractivity contribution in [3.8, 4) is 0 Å². The van der Waals surface area contributed by atoms with Crippen molar-refractivity contribution in [2.75, 3.05) is 7.11 Å². The smallest absolute Gasteiger partial charge is 0.353 e. The van der Waals surface area contributed by atoms with E-state index in [1.54, 1.807) is 30.8 Å². The van der Waals surface area contributed by atoms with Gasteiger partial charge in [0.25, 0.3) is 0 Å². The standard InChI is InChI=1S/C18H23N4O5.C5H5.Fe/c1-18(2)26-14-13(25-17(24-3)15(14)27-18)10-22-9-12(20-21-22)8-19-16(23)11-6-4-5-7-11;1-2-4-5-3-1;/h4-7,9,13-15,17H,8,10H2,1-3H3,(H,19,23);1-5H;/q;;+2/t13-,14-,15-,17-;;/m1../s1. The Morgan fingerprint density at radius 2 is 1.73 bits per heavy atom. The van der Waals surface area contributed by atoms with Crippen LogP contribution in [0.4, 0.5) is 0 Å². The molecule has 2 aliphatic heterocycles. The first-order valence-electron chi connectivity index (χ1n) is 10.5. The average molecular weight is 496 g/mol. The molecule has 0 bridgehead atoms. The third kappa shape index (κ3) is 6.99. The zero-order valence-corrected chi connectivity index (χ0v) is 19.8. The number of rotatable bonds is 6. The maximum atomic E-state index is 12.0. The summed E-state index contributed by atoms with van der Waals surface area (Å²) in [5, 5.41) is 11.0. The number of fused-ring (bicyclic) bond motifs is 1. The van der Waals surface area contributed by atoms with E-state index in [9.17, 15) is 4.79 Å². The van der Waals surface area contributed by atoms with E-state index >= 15 is 0 Å². The van der Waals surface area contributed by atoms with Crippen LogP contribution in [-0.4, -0.2) is 58.4 Å². The molecule has 4 fully saturated rings. The zero-order valence-electron chi connectivity index (χ0n) is 18.7. The van der Waals surface area contributed by atoms with Crippen LogP contribution in [-0.2, 0) is 53.9 Å². The van der Waals surface area contributed by atoms with Crippen LogP contribution in [0.2, 0.25) is 0 Å². The molecule has 1 amide bonds. The number of nitrogens with one attached hydrogen (secondary N) is 1. The molecule has 1 aromatic rings. The topological polar surface area (TPSA) is 96.7 Å². The van der Waals surface area contributed by atoms with Crippen molar-refractivity contribution in [2.24, 2.45) is 0 Å². The molecule has 0 spiro atoms. The Labute approximate surface area is 207 Å². The fourth-order valence-electron chi connectivity index (χ4n) is 3.79. The summed E-state index contributed by atoms with van der Waals surface area (Å²) in [5.74, 6) is -0.190. The van der Waals surface area contributed by atoms with E-state index in [1.165, 1.54) is 0 Å². The molecule has 10 heteroatoms. The summed E-state index contributed by atoms with van der Waals surface area (Å²) in [5.41, 5.74) is 0.664. The van der Waals surface area contributed by atoms with Crippen molar-refractivity contribution in [1.29, 1.82) is 0 Å². The number of ether oxygens (including phenoxy) is 4. The molecule has 0 unspecified atom stereocenters. The fourth-order valence-corrected chi connectivity index (χ4v) is 3.79. The number of carbonyl (C=O) groups is 1. The number of amides is 1. The number of methoxy groups -OCH3 is 1. The Balaban J connectivity index is 0.000000453. The van der Waals surface area contributed by atoms with Crippen LogP contribution in [0.3, 0.4) is 0 Å². The van der Waals surface area contributed by atoms with Crippen LogP contribution in [0.25, 0.3) is 0 Å². The summed E-state index contributed by atoms with van der Waals surface area (Å²) in [6.07, 6.45) is 17.7. The zero-order chi connectivity index (χ0) is 22.6. The molecule has 4 atom stereocenters. The SMILES string of the molecule is CO[C@@H]1O[C@H](Cn2cc(CNC(=O)[C]3[CH][CH][CH][CH]3)nn2)[C@H]2OC(C)(C)O[C@@H]12.[CH]1[CH][CH][CH][CH]1.[Fe+2]. The molecular formula is C23H28FeN4O5+2. The second-order valence-electron chi connectivity index (χ2n) is 8.09. The minimum atomic E-state index is -0.674. The van der Waals surface area contributed by atoms with E-state index < -0.39 is 12.1 Å². The summed E-state index contributed by atoms with van der Waals surface area (Å²) in [4.78, 5) is 12.0. The molecule has 0 aromatic carbocycles. The van der Waals surface area contributed by atoms with Gasteiger partial charge in [0.1, 0.15) is 24.0 Å². The second kappa shape index (κ2) is 12.1. The minimum Gasteiger partial charge on any atom is -0.353 e. The minimum absolute atomic E-state index is 0. The largest absolute Gasteiger partial charge is 2.00 e. The van der Waals surface area contributed by atoms with Gasteiger partial charge in [-0.2, -0.15) is 0 Å². The molecule has 10 radical (unpaired) electrons. The molecular weight excluding hydrogens is 468 g/mol. The fraction of sp³-hybridized carbons (Fsp3) is 0.435. The molecule has 2 saturated heterocycles. The summed E-state index contributed by atoms with van der Waals surface area (Å²) in [6, 6.07) is 0. The Bertz CT molecular complexity index is 743. The van der Waals surface area contributed by atoms with Crippen LogP contribution in [0.15, 0.2) is 6.20 Å². The quantitative estimate of drug-likeness (QED) is 0.592. The Kier molecular flexibility index (Phi) is 9.73. The van der Waals surface area contributed by atoms with E-state index in [2.05, 4.69) is 15.6 Å². The number of nitrogens with zero attached hydrogens (tertiary/aromatic N) is 3. The van der Waals surface area contributed by atoms with E-state index in [4.69, 9.17) is 18.9 Å². The predicted octanol–water partition coefficient (Wildman–Crippen LogP) is 1.21. The Hall–Kier alpha value is -1.03. The molecule has 2 aliphatic carbocycles. The van der Waals surface area contributed by atoms with Gasteiger partial charge in [-0.3, -0.25) is 4.79 Å². The van der Waals surface area contributed by atoms with Crippen LogP contribution in [0.1, 0.15) is 19.5 Å². The van der Waals surface area contributed by atoms with Gasteiger partial charge < -0.3 is 24.3 Å². The third-order valence-corrected chi connectivity index (χ3v) is 5.20. The summed E-state index contributed by atoms with van der Waals surface area (Å²) < 4.78 is 24.8. The van der Waals surface area contributed by atoms with E-state index in [1.807, 2.05) is 58.8 Å². The van der Waals surface area contributed by atoms with E-state index in [0.717, 1.165) is 0 Å². The molecule has 2 saturated carbocycles. The van der Waals surface area contributed by atoms with Gasteiger partial charge in [0.05, 0.1) is 25.2 Å².